The summed E-state index contributed by atoms with van der Waals surface area (Å²) in [5, 5.41) is 0.133. The lowest BCUT2D eigenvalue weighted by molar-refractivity contribution is -0.142. The summed E-state index contributed by atoms with van der Waals surface area (Å²) in [6, 6.07) is 12.1. The lowest BCUT2D eigenvalue weighted by atomic mass is 10.1. The zero-order valence-electron chi connectivity index (χ0n) is 16.9. The zero-order chi connectivity index (χ0) is 22.4. The molecule has 0 radical (unpaired) electrons. The van der Waals surface area contributed by atoms with E-state index in [9.17, 15) is 14.4 Å². The van der Waals surface area contributed by atoms with E-state index in [-0.39, 0.29) is 24.3 Å². The number of ether oxygens (including phenoxy) is 3. The molecular weight excluding hydrogens is 442 g/mol. The van der Waals surface area contributed by atoms with E-state index < -0.39 is 5.97 Å². The van der Waals surface area contributed by atoms with E-state index in [2.05, 4.69) is 4.74 Å². The van der Waals surface area contributed by atoms with E-state index in [1.54, 1.807) is 48.5 Å². The van der Waals surface area contributed by atoms with Crippen LogP contribution in [0.3, 0.4) is 0 Å². The molecule has 2 aromatic carbocycles. The Morgan fingerprint density at radius 1 is 1.13 bits per heavy atom. The number of thioether (sulfide) groups is 1. The minimum atomic E-state index is -0.515. The summed E-state index contributed by atoms with van der Waals surface area (Å²) in [5.74, 6) is -0.121. The molecule has 2 amide bonds. The first-order valence-corrected chi connectivity index (χ1v) is 10.6. The van der Waals surface area contributed by atoms with Crippen molar-refractivity contribution in [1.82, 2.24) is 4.90 Å². The second kappa shape index (κ2) is 10.4. The third-order valence-electron chi connectivity index (χ3n) is 4.30. The first-order chi connectivity index (χ1) is 14.9. The highest BCUT2D eigenvalue weighted by molar-refractivity contribution is 8.18. The SMILES string of the molecule is CCOc1cc(/C=C2/SC(=O)N(Cc3ccccc3Cl)C2=O)ccc1OCC(=O)OC. The van der Waals surface area contributed by atoms with Crippen molar-refractivity contribution in [3.05, 3.63) is 63.5 Å². The molecular formula is C22H20ClNO6S. The Hall–Kier alpha value is -2.97. The zero-order valence-corrected chi connectivity index (χ0v) is 18.5. The number of hydrogen-bond donors (Lipinski definition) is 0. The molecule has 0 aromatic heterocycles. The molecule has 9 heteroatoms. The van der Waals surface area contributed by atoms with Gasteiger partial charge in [0.15, 0.2) is 18.1 Å². The Kier molecular flexibility index (Phi) is 7.59. The predicted octanol–water partition coefficient (Wildman–Crippen LogP) is 4.53. The minimum Gasteiger partial charge on any atom is -0.490 e. The second-order valence-electron chi connectivity index (χ2n) is 6.36. The highest BCUT2D eigenvalue weighted by Crippen LogP contribution is 2.36. The Bertz CT molecular complexity index is 1040. The number of esters is 1. The van der Waals surface area contributed by atoms with Crippen LogP contribution in [-0.4, -0.2) is 42.3 Å². The Morgan fingerprint density at radius 2 is 1.90 bits per heavy atom. The Morgan fingerprint density at radius 3 is 2.61 bits per heavy atom. The van der Waals surface area contributed by atoms with Gasteiger partial charge >= 0.3 is 5.97 Å². The number of rotatable bonds is 8. The van der Waals surface area contributed by atoms with E-state index in [1.807, 2.05) is 6.92 Å². The molecule has 1 heterocycles. The maximum atomic E-state index is 12.8. The van der Waals surface area contributed by atoms with Gasteiger partial charge in [-0.15, -0.1) is 0 Å². The first-order valence-electron chi connectivity index (χ1n) is 9.38. The van der Waals surface area contributed by atoms with Gasteiger partial charge < -0.3 is 14.2 Å². The number of carbonyl (C=O) groups excluding carboxylic acids is 3. The highest BCUT2D eigenvalue weighted by Gasteiger charge is 2.35. The molecule has 31 heavy (non-hydrogen) atoms. The number of carbonyl (C=O) groups is 3. The largest absolute Gasteiger partial charge is 0.490 e. The maximum Gasteiger partial charge on any atom is 0.343 e. The van der Waals surface area contributed by atoms with Crippen molar-refractivity contribution in [2.24, 2.45) is 0 Å². The maximum absolute atomic E-state index is 12.8. The molecule has 0 atom stereocenters. The summed E-state index contributed by atoms with van der Waals surface area (Å²) in [5.41, 5.74) is 1.34. The van der Waals surface area contributed by atoms with Crippen LogP contribution in [-0.2, 0) is 20.9 Å². The summed E-state index contributed by atoms with van der Waals surface area (Å²) < 4.78 is 15.6. The van der Waals surface area contributed by atoms with Crippen LogP contribution in [0.25, 0.3) is 6.08 Å². The first kappa shape index (κ1) is 22.7. The van der Waals surface area contributed by atoms with Gasteiger partial charge in [0.25, 0.3) is 11.1 Å². The third-order valence-corrected chi connectivity index (χ3v) is 5.57. The van der Waals surface area contributed by atoms with Gasteiger partial charge in [0.1, 0.15) is 0 Å². The summed E-state index contributed by atoms with van der Waals surface area (Å²) in [6.07, 6.45) is 1.62. The van der Waals surface area contributed by atoms with E-state index in [1.165, 1.54) is 7.11 Å². The number of amides is 2. The summed E-state index contributed by atoms with van der Waals surface area (Å²) in [7, 11) is 1.27. The van der Waals surface area contributed by atoms with E-state index in [4.69, 9.17) is 21.1 Å². The fourth-order valence-corrected chi connectivity index (χ4v) is 3.82. The summed E-state index contributed by atoms with van der Waals surface area (Å²) >= 11 is 7.02. The normalized spacial score (nSPS) is 14.8. The molecule has 7 nitrogen and oxygen atoms in total. The molecule has 1 aliphatic heterocycles. The van der Waals surface area contributed by atoms with Crippen LogP contribution in [0.1, 0.15) is 18.1 Å². The van der Waals surface area contributed by atoms with Gasteiger partial charge in [-0.2, -0.15) is 0 Å². The number of halogens is 1. The van der Waals surface area contributed by atoms with Gasteiger partial charge in [-0.05, 0) is 54.1 Å². The molecule has 0 unspecified atom stereocenters. The van der Waals surface area contributed by atoms with Crippen LogP contribution in [0.5, 0.6) is 11.5 Å². The van der Waals surface area contributed by atoms with Crippen LogP contribution >= 0.6 is 23.4 Å². The van der Waals surface area contributed by atoms with Crippen molar-refractivity contribution in [3.8, 4) is 11.5 Å². The molecule has 162 valence electrons. The van der Waals surface area contributed by atoms with E-state index in [0.717, 1.165) is 16.7 Å². The smallest absolute Gasteiger partial charge is 0.343 e. The van der Waals surface area contributed by atoms with Gasteiger partial charge in [0, 0.05) is 5.02 Å². The fraction of sp³-hybridized carbons (Fsp3) is 0.227. The average molecular weight is 462 g/mol. The standard InChI is InChI=1S/C22H20ClNO6S/c1-3-29-18-10-14(8-9-17(18)30-13-20(25)28-2)11-19-21(26)24(22(27)31-19)12-15-6-4-5-7-16(15)23/h4-11H,3,12-13H2,1-2H3/b19-11+. The van der Waals surface area contributed by atoms with E-state index in [0.29, 0.717) is 39.2 Å². The fourth-order valence-electron chi connectivity index (χ4n) is 2.78. The molecule has 0 N–H and O–H groups in total. The Balaban J connectivity index is 1.79. The van der Waals surface area contributed by atoms with E-state index >= 15 is 0 Å². The molecule has 1 fully saturated rings. The number of benzene rings is 2. The number of hydrogen-bond acceptors (Lipinski definition) is 7. The van der Waals surface area contributed by atoms with Crippen molar-refractivity contribution in [1.29, 1.82) is 0 Å². The van der Waals surface area contributed by atoms with Crippen molar-refractivity contribution < 1.29 is 28.6 Å². The van der Waals surface area contributed by atoms with Gasteiger partial charge in [0.2, 0.25) is 0 Å². The molecule has 0 spiro atoms. The quantitative estimate of drug-likeness (QED) is 0.422. The van der Waals surface area contributed by atoms with Crippen LogP contribution in [0, 0.1) is 0 Å². The summed E-state index contributed by atoms with van der Waals surface area (Å²) in [4.78, 5) is 38.0. The number of imide groups is 1. The lowest BCUT2D eigenvalue weighted by Crippen LogP contribution is -2.27. The van der Waals surface area contributed by atoms with Gasteiger partial charge in [-0.25, -0.2) is 4.79 Å². The lowest BCUT2D eigenvalue weighted by Gasteiger charge is -2.13. The topological polar surface area (TPSA) is 82.1 Å². The second-order valence-corrected chi connectivity index (χ2v) is 7.76. The van der Waals surface area contributed by atoms with Gasteiger partial charge in [-0.1, -0.05) is 35.9 Å². The van der Waals surface area contributed by atoms with Crippen molar-refractivity contribution >= 4 is 46.6 Å². The van der Waals surface area contributed by atoms with Crippen LogP contribution in [0.4, 0.5) is 4.79 Å². The van der Waals surface area contributed by atoms with Crippen LogP contribution < -0.4 is 9.47 Å². The average Bonchev–Trinajstić information content (AvgIpc) is 3.02. The highest BCUT2D eigenvalue weighted by atomic mass is 35.5. The third kappa shape index (κ3) is 5.59. The molecule has 0 bridgehead atoms. The van der Waals surface area contributed by atoms with Crippen LogP contribution in [0.15, 0.2) is 47.4 Å². The van der Waals surface area contributed by atoms with Crippen molar-refractivity contribution in [2.45, 2.75) is 13.5 Å². The molecule has 1 saturated heterocycles. The van der Waals surface area contributed by atoms with Crippen LogP contribution in [0.2, 0.25) is 5.02 Å². The molecule has 2 aromatic rings. The Labute approximate surface area is 188 Å². The molecule has 0 saturated carbocycles. The van der Waals surface area contributed by atoms with Gasteiger partial charge in [-0.3, -0.25) is 14.5 Å². The van der Waals surface area contributed by atoms with Crippen molar-refractivity contribution in [2.75, 3.05) is 20.3 Å². The van der Waals surface area contributed by atoms with Crippen molar-refractivity contribution in [3.63, 3.8) is 0 Å². The minimum absolute atomic E-state index is 0.103. The number of methoxy groups -OCH3 is 1. The van der Waals surface area contributed by atoms with Gasteiger partial charge in [0.05, 0.1) is 25.2 Å². The molecule has 1 aliphatic rings. The number of nitrogens with zero attached hydrogens (tertiary/aromatic N) is 1. The predicted molar refractivity (Wildman–Crippen MR) is 118 cm³/mol. The summed E-state index contributed by atoms with van der Waals surface area (Å²) in [6.45, 7) is 2.05. The molecule has 3 rings (SSSR count). The molecule has 0 aliphatic carbocycles. The monoisotopic (exact) mass is 461 g/mol.